The Hall–Kier alpha value is -2.60. The molecule has 0 heterocycles. The van der Waals surface area contributed by atoms with Gasteiger partial charge in [-0.25, -0.2) is 4.79 Å². The lowest BCUT2D eigenvalue weighted by atomic mass is 9.70. The molecule has 0 aromatic heterocycles. The topological polar surface area (TPSA) is 61.1 Å². The summed E-state index contributed by atoms with van der Waals surface area (Å²) in [6.45, 7) is 2.24. The molecule has 0 fully saturated rings. The summed E-state index contributed by atoms with van der Waals surface area (Å²) in [6, 6.07) is 15.8. The second kappa shape index (κ2) is 9.55. The van der Waals surface area contributed by atoms with Gasteiger partial charge in [0.25, 0.3) is 0 Å². The zero-order chi connectivity index (χ0) is 19.9. The molecule has 0 saturated heterocycles. The number of hydrogen-bond donors (Lipinski definition) is 1. The molecule has 0 bridgehead atoms. The number of rotatable bonds is 8. The van der Waals surface area contributed by atoms with Crippen LogP contribution in [0.5, 0.6) is 0 Å². The average molecular weight is 376 g/mol. The molecule has 0 aliphatic heterocycles. The maximum Gasteiger partial charge on any atom is 0.335 e. The normalized spacial score (nSPS) is 18.3. The van der Waals surface area contributed by atoms with Crippen molar-refractivity contribution in [1.29, 1.82) is 5.26 Å². The van der Waals surface area contributed by atoms with Crippen molar-refractivity contribution in [2.24, 2.45) is 5.92 Å². The Bertz CT molecular complexity index is 848. The van der Waals surface area contributed by atoms with Crippen LogP contribution in [-0.2, 0) is 6.42 Å². The molecule has 3 nitrogen and oxygen atoms in total. The molecule has 28 heavy (non-hydrogen) atoms. The van der Waals surface area contributed by atoms with Gasteiger partial charge >= 0.3 is 5.97 Å². The lowest BCUT2D eigenvalue weighted by Crippen LogP contribution is -2.22. The molecule has 2 aromatic rings. The van der Waals surface area contributed by atoms with E-state index in [0.29, 0.717) is 17.0 Å². The van der Waals surface area contributed by atoms with Crippen molar-refractivity contribution >= 4 is 5.97 Å². The molecule has 1 N–H and O–H groups in total. The van der Waals surface area contributed by atoms with E-state index in [4.69, 9.17) is 5.26 Å². The van der Waals surface area contributed by atoms with E-state index in [9.17, 15) is 9.90 Å². The largest absolute Gasteiger partial charge is 0.478 e. The average Bonchev–Trinajstić information content (AvgIpc) is 2.73. The first-order valence-corrected chi connectivity index (χ1v) is 10.5. The number of benzene rings is 2. The number of nitriles is 1. The Balaban J connectivity index is 1.87. The predicted molar refractivity (Wildman–Crippen MR) is 112 cm³/mol. The van der Waals surface area contributed by atoms with Crippen LogP contribution in [0.25, 0.3) is 0 Å². The maximum atomic E-state index is 11.4. The van der Waals surface area contributed by atoms with Crippen LogP contribution in [-0.4, -0.2) is 11.1 Å². The summed E-state index contributed by atoms with van der Waals surface area (Å²) in [6.07, 6.45) is 9.66. The molecule has 3 rings (SSSR count). The van der Waals surface area contributed by atoms with Gasteiger partial charge in [0.2, 0.25) is 0 Å². The minimum atomic E-state index is -0.865. The van der Waals surface area contributed by atoms with Gasteiger partial charge in [-0.2, -0.15) is 5.26 Å². The number of aryl methyl sites for hydroxylation is 1. The number of carboxylic acids is 1. The van der Waals surface area contributed by atoms with E-state index in [0.717, 1.165) is 18.4 Å². The minimum absolute atomic E-state index is 0.283. The molecule has 0 spiro atoms. The fourth-order valence-electron chi connectivity index (χ4n) is 4.56. The second-order valence-corrected chi connectivity index (χ2v) is 7.93. The van der Waals surface area contributed by atoms with Crippen molar-refractivity contribution in [1.82, 2.24) is 0 Å². The summed E-state index contributed by atoms with van der Waals surface area (Å²) < 4.78 is 0. The number of unbranched alkanes of at least 4 members (excludes halogenated alkanes) is 4. The van der Waals surface area contributed by atoms with Gasteiger partial charge in [0, 0.05) is 5.92 Å². The van der Waals surface area contributed by atoms with Gasteiger partial charge in [0.1, 0.15) is 0 Å². The SMILES string of the molecule is CCCCCCCC1CCc2cc(C(=O)O)ccc2C1c1ccc(C#N)cc1. The summed E-state index contributed by atoms with van der Waals surface area (Å²) in [5, 5.41) is 18.4. The van der Waals surface area contributed by atoms with Gasteiger partial charge in [-0.15, -0.1) is 0 Å². The third kappa shape index (κ3) is 4.62. The van der Waals surface area contributed by atoms with Crippen molar-refractivity contribution in [3.05, 3.63) is 70.3 Å². The Kier molecular flexibility index (Phi) is 6.87. The maximum absolute atomic E-state index is 11.4. The van der Waals surface area contributed by atoms with Crippen LogP contribution < -0.4 is 0 Å². The monoisotopic (exact) mass is 375 g/mol. The third-order valence-electron chi connectivity index (χ3n) is 6.06. The molecule has 146 valence electrons. The van der Waals surface area contributed by atoms with Crippen molar-refractivity contribution in [3.8, 4) is 6.07 Å². The lowest BCUT2D eigenvalue weighted by Gasteiger charge is -2.34. The molecule has 1 aliphatic rings. The van der Waals surface area contributed by atoms with Crippen molar-refractivity contribution in [2.45, 2.75) is 64.2 Å². The van der Waals surface area contributed by atoms with Crippen LogP contribution in [0.4, 0.5) is 0 Å². The highest BCUT2D eigenvalue weighted by Gasteiger charge is 2.31. The van der Waals surface area contributed by atoms with Gasteiger partial charge in [-0.1, -0.05) is 57.2 Å². The van der Waals surface area contributed by atoms with Crippen molar-refractivity contribution < 1.29 is 9.90 Å². The van der Waals surface area contributed by atoms with E-state index in [1.54, 1.807) is 6.07 Å². The molecule has 3 heteroatoms. The Morgan fingerprint density at radius 1 is 1.11 bits per heavy atom. The van der Waals surface area contributed by atoms with E-state index in [1.165, 1.54) is 49.7 Å². The number of carboxylic acid groups (broad SMARTS) is 1. The van der Waals surface area contributed by atoms with Crippen LogP contribution in [0.2, 0.25) is 0 Å². The second-order valence-electron chi connectivity index (χ2n) is 7.93. The molecular formula is C25H29NO2. The molecule has 0 amide bonds. The fourth-order valence-corrected chi connectivity index (χ4v) is 4.56. The fraction of sp³-hybridized carbons (Fsp3) is 0.440. The summed E-state index contributed by atoms with van der Waals surface area (Å²) in [5.74, 6) is -0.0148. The summed E-state index contributed by atoms with van der Waals surface area (Å²) in [4.78, 5) is 11.4. The highest BCUT2D eigenvalue weighted by Crippen LogP contribution is 2.43. The van der Waals surface area contributed by atoms with E-state index in [1.807, 2.05) is 24.3 Å². The Morgan fingerprint density at radius 3 is 2.54 bits per heavy atom. The Morgan fingerprint density at radius 2 is 1.86 bits per heavy atom. The lowest BCUT2D eigenvalue weighted by molar-refractivity contribution is 0.0696. The van der Waals surface area contributed by atoms with Crippen LogP contribution in [0, 0.1) is 17.2 Å². The van der Waals surface area contributed by atoms with Crippen molar-refractivity contribution in [3.63, 3.8) is 0 Å². The number of carbonyl (C=O) groups is 1. The molecule has 0 saturated carbocycles. The van der Waals surface area contributed by atoms with Crippen LogP contribution in [0.3, 0.4) is 0 Å². The number of hydrogen-bond acceptors (Lipinski definition) is 2. The highest BCUT2D eigenvalue weighted by molar-refractivity contribution is 5.88. The third-order valence-corrected chi connectivity index (χ3v) is 6.06. The van der Waals surface area contributed by atoms with Crippen LogP contribution >= 0.6 is 0 Å². The molecule has 2 unspecified atom stereocenters. The van der Waals surface area contributed by atoms with Gasteiger partial charge in [-0.3, -0.25) is 0 Å². The quantitative estimate of drug-likeness (QED) is 0.550. The highest BCUT2D eigenvalue weighted by atomic mass is 16.4. The van der Waals surface area contributed by atoms with E-state index in [2.05, 4.69) is 25.1 Å². The van der Waals surface area contributed by atoms with Gasteiger partial charge in [-0.05, 0) is 66.1 Å². The van der Waals surface area contributed by atoms with Gasteiger partial charge in [0.15, 0.2) is 0 Å². The zero-order valence-electron chi connectivity index (χ0n) is 16.7. The summed E-state index contributed by atoms with van der Waals surface area (Å²) in [5.41, 5.74) is 4.71. The summed E-state index contributed by atoms with van der Waals surface area (Å²) >= 11 is 0. The Labute approximate surface area is 168 Å². The first-order valence-electron chi connectivity index (χ1n) is 10.5. The van der Waals surface area contributed by atoms with Gasteiger partial charge < -0.3 is 5.11 Å². The molecule has 0 radical (unpaired) electrons. The standard InChI is InChI=1S/C25H29NO2/c1-2-3-4-5-6-7-19-12-13-21-16-22(25(27)28)14-15-23(21)24(19)20-10-8-18(17-26)9-11-20/h8-11,14-16,19,24H,2-7,12-13H2,1H3,(H,27,28). The van der Waals surface area contributed by atoms with E-state index >= 15 is 0 Å². The summed E-state index contributed by atoms with van der Waals surface area (Å²) in [7, 11) is 0. The molecule has 1 aliphatic carbocycles. The zero-order valence-corrected chi connectivity index (χ0v) is 16.7. The molecule has 2 atom stereocenters. The first kappa shape index (κ1) is 20.1. The molecule has 2 aromatic carbocycles. The first-order chi connectivity index (χ1) is 13.6. The van der Waals surface area contributed by atoms with Crippen LogP contribution in [0.1, 0.15) is 90.4 Å². The van der Waals surface area contributed by atoms with Crippen LogP contribution in [0.15, 0.2) is 42.5 Å². The van der Waals surface area contributed by atoms with Gasteiger partial charge in [0.05, 0.1) is 17.2 Å². The number of fused-ring (bicyclic) bond motifs is 1. The smallest absolute Gasteiger partial charge is 0.335 e. The van der Waals surface area contributed by atoms with Crippen molar-refractivity contribution in [2.75, 3.05) is 0 Å². The molecular weight excluding hydrogens is 346 g/mol. The minimum Gasteiger partial charge on any atom is -0.478 e. The predicted octanol–water partition coefficient (Wildman–Crippen LogP) is 6.31. The number of aromatic carboxylic acids is 1. The van der Waals surface area contributed by atoms with E-state index in [-0.39, 0.29) is 5.92 Å². The van der Waals surface area contributed by atoms with E-state index < -0.39 is 5.97 Å². The number of nitrogens with zero attached hydrogens (tertiary/aromatic N) is 1.